The monoisotopic (exact) mass is 383 g/mol. The van der Waals surface area contributed by atoms with E-state index >= 15 is 0 Å². The minimum atomic E-state index is -3.51. The molecule has 1 aromatic rings. The van der Waals surface area contributed by atoms with Crippen LogP contribution >= 0.6 is 0 Å². The Morgan fingerprint density at radius 1 is 1.27 bits per heavy atom. The van der Waals surface area contributed by atoms with Gasteiger partial charge in [-0.05, 0) is 30.5 Å². The minimum absolute atomic E-state index is 0.0610. The summed E-state index contributed by atoms with van der Waals surface area (Å²) in [7, 11) is -1.88. The molecule has 1 saturated heterocycles. The molecule has 0 amide bonds. The van der Waals surface area contributed by atoms with Gasteiger partial charge in [0.25, 0.3) is 10.2 Å². The summed E-state index contributed by atoms with van der Waals surface area (Å²) < 4.78 is 41.2. The quantitative estimate of drug-likeness (QED) is 0.710. The summed E-state index contributed by atoms with van der Waals surface area (Å²) in [5.74, 6) is 0.771. The topological polar surface area (TPSA) is 79.9 Å². The first-order valence-corrected chi connectivity index (χ1v) is 10.8. The predicted molar refractivity (Wildman–Crippen MR) is 100 cm³/mol. The second-order valence-corrected chi connectivity index (χ2v) is 8.42. The molecule has 2 N–H and O–H groups in total. The van der Waals surface area contributed by atoms with Gasteiger partial charge in [-0.1, -0.05) is 25.0 Å². The van der Waals surface area contributed by atoms with Crippen LogP contribution in [0, 0.1) is 0 Å². The van der Waals surface area contributed by atoms with E-state index in [-0.39, 0.29) is 12.1 Å². The zero-order valence-corrected chi connectivity index (χ0v) is 16.1. The SMILES string of the molecule is COc1cccc(C(CNS(=O)(=O)NC2CCCC2)N2CCOCC2)c1. The molecule has 8 heteroatoms. The summed E-state index contributed by atoms with van der Waals surface area (Å²) in [6.45, 7) is 3.19. The third-order valence-corrected chi connectivity index (χ3v) is 6.30. The number of ether oxygens (including phenoxy) is 2. The molecule has 0 radical (unpaired) electrons. The van der Waals surface area contributed by atoms with Gasteiger partial charge in [-0.3, -0.25) is 4.90 Å². The second-order valence-electron chi connectivity index (χ2n) is 6.89. The Hall–Kier alpha value is -1.19. The van der Waals surface area contributed by atoms with Gasteiger partial charge < -0.3 is 9.47 Å². The van der Waals surface area contributed by atoms with Crippen LogP contribution in [0.1, 0.15) is 37.3 Å². The highest BCUT2D eigenvalue weighted by Gasteiger charge is 2.26. The zero-order chi connectivity index (χ0) is 18.4. The number of benzene rings is 1. The van der Waals surface area contributed by atoms with Crippen molar-refractivity contribution in [3.05, 3.63) is 29.8 Å². The molecule has 7 nitrogen and oxygen atoms in total. The Bertz CT molecular complexity index is 671. The van der Waals surface area contributed by atoms with Crippen LogP contribution in [0.3, 0.4) is 0 Å². The first kappa shape index (κ1) is 19.6. The number of morpholine rings is 1. The molecule has 0 bridgehead atoms. The molecule has 26 heavy (non-hydrogen) atoms. The van der Waals surface area contributed by atoms with Crippen LogP contribution in [0.15, 0.2) is 24.3 Å². The molecule has 1 unspecified atom stereocenters. The molecule has 2 fully saturated rings. The Kier molecular flexibility index (Phi) is 6.88. The zero-order valence-electron chi connectivity index (χ0n) is 15.3. The van der Waals surface area contributed by atoms with Crippen molar-refractivity contribution >= 4 is 10.2 Å². The lowest BCUT2D eigenvalue weighted by Crippen LogP contribution is -2.47. The molecule has 1 heterocycles. The van der Waals surface area contributed by atoms with E-state index in [0.29, 0.717) is 19.8 Å². The van der Waals surface area contributed by atoms with E-state index in [9.17, 15) is 8.42 Å². The van der Waals surface area contributed by atoms with E-state index < -0.39 is 10.2 Å². The summed E-state index contributed by atoms with van der Waals surface area (Å²) in [4.78, 5) is 2.26. The van der Waals surface area contributed by atoms with Crippen LogP contribution < -0.4 is 14.2 Å². The Labute approximate surface area is 156 Å². The molecule has 1 aliphatic heterocycles. The van der Waals surface area contributed by atoms with Crippen molar-refractivity contribution in [3.8, 4) is 5.75 Å². The largest absolute Gasteiger partial charge is 0.497 e. The molecule has 146 valence electrons. The van der Waals surface area contributed by atoms with Gasteiger partial charge in [0.2, 0.25) is 0 Å². The number of methoxy groups -OCH3 is 1. The van der Waals surface area contributed by atoms with E-state index in [4.69, 9.17) is 9.47 Å². The van der Waals surface area contributed by atoms with Gasteiger partial charge in [-0.2, -0.15) is 13.1 Å². The van der Waals surface area contributed by atoms with E-state index in [0.717, 1.165) is 50.1 Å². The number of nitrogens with zero attached hydrogens (tertiary/aromatic N) is 1. The fourth-order valence-electron chi connectivity index (χ4n) is 3.69. The molecule has 0 spiro atoms. The molecule has 0 aromatic heterocycles. The van der Waals surface area contributed by atoms with Gasteiger partial charge in [0, 0.05) is 31.7 Å². The lowest BCUT2D eigenvalue weighted by molar-refractivity contribution is 0.0171. The summed E-state index contributed by atoms with van der Waals surface area (Å²) in [6, 6.07) is 7.82. The summed E-state index contributed by atoms with van der Waals surface area (Å²) in [5, 5.41) is 0. The van der Waals surface area contributed by atoms with Crippen LogP contribution in [0.2, 0.25) is 0 Å². The molecule has 2 aliphatic rings. The van der Waals surface area contributed by atoms with Crippen LogP contribution in [0.25, 0.3) is 0 Å². The Morgan fingerprint density at radius 3 is 2.69 bits per heavy atom. The number of hydrogen-bond donors (Lipinski definition) is 2. The van der Waals surface area contributed by atoms with Crippen LogP contribution in [-0.4, -0.2) is 59.3 Å². The second kappa shape index (κ2) is 9.14. The van der Waals surface area contributed by atoms with Crippen LogP contribution in [0.4, 0.5) is 0 Å². The van der Waals surface area contributed by atoms with Gasteiger partial charge >= 0.3 is 0 Å². The van der Waals surface area contributed by atoms with Crippen molar-refractivity contribution in [3.63, 3.8) is 0 Å². The summed E-state index contributed by atoms with van der Waals surface area (Å²) in [6.07, 6.45) is 4.02. The van der Waals surface area contributed by atoms with Crippen LogP contribution in [0.5, 0.6) is 5.75 Å². The van der Waals surface area contributed by atoms with Crippen molar-refractivity contribution in [2.45, 2.75) is 37.8 Å². The van der Waals surface area contributed by atoms with E-state index in [1.54, 1.807) is 7.11 Å². The van der Waals surface area contributed by atoms with Gasteiger partial charge in [0.05, 0.1) is 20.3 Å². The predicted octanol–water partition coefficient (Wildman–Crippen LogP) is 1.44. The first-order chi connectivity index (χ1) is 12.6. The van der Waals surface area contributed by atoms with E-state index in [2.05, 4.69) is 14.3 Å². The summed E-state index contributed by atoms with van der Waals surface area (Å²) >= 11 is 0. The average Bonchev–Trinajstić information content (AvgIpc) is 3.15. The lowest BCUT2D eigenvalue weighted by atomic mass is 10.0. The third-order valence-electron chi connectivity index (χ3n) is 5.11. The maximum atomic E-state index is 12.4. The fraction of sp³-hybridized carbons (Fsp3) is 0.667. The standard InChI is InChI=1S/C18H29N3O4S/c1-24-17-8-4-5-15(13-17)18(21-9-11-25-12-10-21)14-19-26(22,23)20-16-6-2-3-7-16/h4-5,8,13,16,18-20H,2-3,6-7,9-12,14H2,1H3. The lowest BCUT2D eigenvalue weighted by Gasteiger charge is -2.35. The third kappa shape index (κ3) is 5.40. The average molecular weight is 384 g/mol. The molecular weight excluding hydrogens is 354 g/mol. The van der Waals surface area contributed by atoms with E-state index in [1.807, 2.05) is 24.3 Å². The molecular formula is C18H29N3O4S. The van der Waals surface area contributed by atoms with Crippen molar-refractivity contribution < 1.29 is 17.9 Å². The highest BCUT2D eigenvalue weighted by Crippen LogP contribution is 2.25. The fourth-order valence-corrected chi connectivity index (χ4v) is 4.82. The molecule has 1 saturated carbocycles. The van der Waals surface area contributed by atoms with E-state index in [1.165, 1.54) is 0 Å². The Balaban J connectivity index is 1.70. The van der Waals surface area contributed by atoms with Crippen molar-refractivity contribution in [2.75, 3.05) is 40.0 Å². The minimum Gasteiger partial charge on any atom is -0.497 e. The highest BCUT2D eigenvalue weighted by atomic mass is 32.2. The first-order valence-electron chi connectivity index (χ1n) is 9.30. The maximum Gasteiger partial charge on any atom is 0.277 e. The highest BCUT2D eigenvalue weighted by molar-refractivity contribution is 7.87. The van der Waals surface area contributed by atoms with Crippen LogP contribution in [-0.2, 0) is 14.9 Å². The smallest absolute Gasteiger partial charge is 0.277 e. The summed E-state index contributed by atoms with van der Waals surface area (Å²) in [5.41, 5.74) is 1.04. The molecule has 1 aliphatic carbocycles. The van der Waals surface area contributed by atoms with Gasteiger partial charge in [0.15, 0.2) is 0 Å². The molecule has 1 aromatic carbocycles. The van der Waals surface area contributed by atoms with Crippen molar-refractivity contribution in [1.82, 2.24) is 14.3 Å². The van der Waals surface area contributed by atoms with Gasteiger partial charge in [-0.15, -0.1) is 0 Å². The van der Waals surface area contributed by atoms with Gasteiger partial charge in [-0.25, -0.2) is 4.72 Å². The Morgan fingerprint density at radius 2 is 2.00 bits per heavy atom. The number of hydrogen-bond acceptors (Lipinski definition) is 5. The molecule has 1 atom stereocenters. The van der Waals surface area contributed by atoms with Gasteiger partial charge in [0.1, 0.15) is 5.75 Å². The number of rotatable bonds is 8. The molecule has 3 rings (SSSR count). The van der Waals surface area contributed by atoms with Crippen molar-refractivity contribution in [2.24, 2.45) is 0 Å². The number of nitrogens with one attached hydrogen (secondary N) is 2. The van der Waals surface area contributed by atoms with Crippen molar-refractivity contribution in [1.29, 1.82) is 0 Å². The normalized spacial score (nSPS) is 21.0. The maximum absolute atomic E-state index is 12.4.